The molecule has 0 fully saturated rings. The number of pyridine rings is 1. The first kappa shape index (κ1) is 15.2. The van der Waals surface area contributed by atoms with E-state index in [0.29, 0.717) is 6.54 Å². The predicted molar refractivity (Wildman–Crippen MR) is 82.2 cm³/mol. The first-order valence-corrected chi connectivity index (χ1v) is 7.69. The van der Waals surface area contributed by atoms with Gasteiger partial charge in [0.1, 0.15) is 9.84 Å². The summed E-state index contributed by atoms with van der Waals surface area (Å²) in [5.74, 6) is -0.0610. The van der Waals surface area contributed by atoms with E-state index in [1.54, 1.807) is 13.2 Å². The minimum absolute atomic E-state index is 0.0610. The van der Waals surface area contributed by atoms with Gasteiger partial charge in [0.15, 0.2) is 0 Å². The number of rotatable bonds is 5. The lowest BCUT2D eigenvalue weighted by Gasteiger charge is -2.16. The summed E-state index contributed by atoms with van der Waals surface area (Å²) in [6.07, 6.45) is 1.96. The van der Waals surface area contributed by atoms with Gasteiger partial charge in [-0.05, 0) is 12.1 Å². The van der Waals surface area contributed by atoms with Crippen LogP contribution in [-0.2, 0) is 11.2 Å². The van der Waals surface area contributed by atoms with Crippen LogP contribution in [0.25, 0.3) is 10.7 Å². The zero-order chi connectivity index (χ0) is 14.5. The van der Waals surface area contributed by atoms with Crippen molar-refractivity contribution in [2.75, 3.05) is 13.6 Å². The Bertz CT molecular complexity index is 574. The van der Waals surface area contributed by atoms with Crippen molar-refractivity contribution in [3.8, 4) is 10.7 Å². The molecule has 4 nitrogen and oxygen atoms in total. The number of hydrogen-bond acceptors (Lipinski definition) is 4. The lowest BCUT2D eigenvalue weighted by atomic mass is 10.3. The van der Waals surface area contributed by atoms with Gasteiger partial charge in [-0.25, -0.2) is 4.98 Å². The molecule has 0 bridgehead atoms. The van der Waals surface area contributed by atoms with E-state index in [9.17, 15) is 4.79 Å². The molecule has 2 heterocycles. The van der Waals surface area contributed by atoms with Crippen molar-refractivity contribution in [3.63, 3.8) is 0 Å². The highest BCUT2D eigenvalue weighted by atomic mass is 35.5. The van der Waals surface area contributed by atoms with Gasteiger partial charge in [-0.1, -0.05) is 6.07 Å². The van der Waals surface area contributed by atoms with Crippen LogP contribution in [0, 0.1) is 0 Å². The van der Waals surface area contributed by atoms with Gasteiger partial charge in [-0.2, -0.15) is 0 Å². The summed E-state index contributed by atoms with van der Waals surface area (Å²) in [7, 11) is 1.67. The van der Waals surface area contributed by atoms with Crippen molar-refractivity contribution < 1.29 is 4.79 Å². The minimum Gasteiger partial charge on any atom is -0.343 e. The van der Waals surface area contributed by atoms with Crippen molar-refractivity contribution in [2.24, 2.45) is 0 Å². The van der Waals surface area contributed by atoms with E-state index in [0.717, 1.165) is 16.4 Å². The Morgan fingerprint density at radius 3 is 2.90 bits per heavy atom. The first-order chi connectivity index (χ1) is 9.56. The van der Waals surface area contributed by atoms with Gasteiger partial charge in [-0.15, -0.1) is 34.5 Å². The quantitative estimate of drug-likeness (QED) is 0.792. The highest BCUT2D eigenvalue weighted by molar-refractivity contribution is 7.13. The van der Waals surface area contributed by atoms with Crippen molar-refractivity contribution in [1.29, 1.82) is 0 Å². The molecular weight excluding hydrogens is 317 g/mol. The van der Waals surface area contributed by atoms with Crippen LogP contribution < -0.4 is 0 Å². The summed E-state index contributed by atoms with van der Waals surface area (Å²) in [6.45, 7) is 0.305. The number of likely N-dealkylation sites (N-methyl/N-ethyl adjacent to an activating group) is 1. The highest BCUT2D eigenvalue weighted by Gasteiger charge is 2.15. The van der Waals surface area contributed by atoms with Crippen LogP contribution in [-0.4, -0.2) is 39.2 Å². The van der Waals surface area contributed by atoms with E-state index in [4.69, 9.17) is 23.2 Å². The Kier molecular flexibility index (Phi) is 5.34. The molecule has 2 rings (SSSR count). The van der Waals surface area contributed by atoms with Crippen molar-refractivity contribution >= 4 is 40.4 Å². The van der Waals surface area contributed by atoms with Crippen LogP contribution in [0.1, 0.15) is 5.69 Å². The number of nitrogens with zero attached hydrogens (tertiary/aromatic N) is 3. The summed E-state index contributed by atoms with van der Waals surface area (Å²) in [5, 5.41) is 2.68. The molecule has 2 aromatic rings. The van der Waals surface area contributed by atoms with Crippen LogP contribution in [0.4, 0.5) is 0 Å². The largest absolute Gasteiger partial charge is 0.343 e. The maximum Gasteiger partial charge on any atom is 0.228 e. The van der Waals surface area contributed by atoms with E-state index in [2.05, 4.69) is 9.97 Å². The number of amides is 1. The molecule has 0 saturated carbocycles. The third-order valence-corrected chi connectivity index (χ3v) is 3.80. The van der Waals surface area contributed by atoms with Gasteiger partial charge in [0.2, 0.25) is 5.91 Å². The summed E-state index contributed by atoms with van der Waals surface area (Å²) >= 11 is 12.8. The van der Waals surface area contributed by atoms with Gasteiger partial charge in [0.25, 0.3) is 0 Å². The van der Waals surface area contributed by atoms with E-state index in [1.165, 1.54) is 16.2 Å². The van der Waals surface area contributed by atoms with Gasteiger partial charge >= 0.3 is 0 Å². The second-order valence-electron chi connectivity index (χ2n) is 4.20. The number of aromatic nitrogens is 2. The Labute approximate surface area is 131 Å². The molecule has 0 radical (unpaired) electrons. The molecule has 0 aliphatic rings. The molecule has 7 heteroatoms. The number of carbonyl (C=O) groups is 1. The molecule has 0 atom stereocenters. The van der Waals surface area contributed by atoms with Crippen molar-refractivity contribution in [1.82, 2.24) is 14.9 Å². The molecule has 0 unspecified atom stereocenters. The average molecular weight is 330 g/mol. The molecule has 1 amide bonds. The number of hydrogen-bond donors (Lipinski definition) is 0. The van der Waals surface area contributed by atoms with Crippen molar-refractivity contribution in [2.45, 2.75) is 11.3 Å². The van der Waals surface area contributed by atoms with Crippen LogP contribution >= 0.6 is 34.5 Å². The molecule has 0 spiro atoms. The van der Waals surface area contributed by atoms with Gasteiger partial charge < -0.3 is 4.90 Å². The van der Waals surface area contributed by atoms with Crippen LogP contribution in [0.3, 0.4) is 0 Å². The lowest BCUT2D eigenvalue weighted by Crippen LogP contribution is -2.31. The normalized spacial score (nSPS) is 10.8. The average Bonchev–Trinajstić information content (AvgIpc) is 2.87. The van der Waals surface area contributed by atoms with Crippen LogP contribution in [0.2, 0.25) is 0 Å². The number of halogens is 2. The summed E-state index contributed by atoms with van der Waals surface area (Å²) in [5.41, 5.74) is 1.54. The molecule has 20 heavy (non-hydrogen) atoms. The fourth-order valence-corrected chi connectivity index (χ4v) is 2.80. The summed E-state index contributed by atoms with van der Waals surface area (Å²) in [6, 6.07) is 5.65. The maximum atomic E-state index is 12.0. The van der Waals surface area contributed by atoms with Crippen LogP contribution in [0.5, 0.6) is 0 Å². The summed E-state index contributed by atoms with van der Waals surface area (Å²) < 4.78 is 0. The standard InChI is InChI=1S/C13H13Cl2N3OS/c1-18(7-11(14)15)12(19)6-9-8-20-13(17-9)10-4-2-3-5-16-10/h2-5,8,11H,6-7H2,1H3. The van der Waals surface area contributed by atoms with Gasteiger partial charge in [-0.3, -0.25) is 9.78 Å². The predicted octanol–water partition coefficient (Wildman–Crippen LogP) is 3.01. The Balaban J connectivity index is 2.01. The maximum absolute atomic E-state index is 12.0. The smallest absolute Gasteiger partial charge is 0.228 e. The number of alkyl halides is 2. The second-order valence-corrected chi connectivity index (χ2v) is 6.34. The lowest BCUT2D eigenvalue weighted by molar-refractivity contribution is -0.129. The third-order valence-electron chi connectivity index (χ3n) is 2.61. The zero-order valence-electron chi connectivity index (χ0n) is 10.8. The topological polar surface area (TPSA) is 46.1 Å². The number of carbonyl (C=O) groups excluding carboxylic acids is 1. The Morgan fingerprint density at radius 2 is 2.25 bits per heavy atom. The molecule has 2 aromatic heterocycles. The third kappa shape index (κ3) is 4.16. The second kappa shape index (κ2) is 7.02. The molecule has 0 aromatic carbocycles. The summed E-state index contributed by atoms with van der Waals surface area (Å²) in [4.78, 5) is 21.5. The molecule has 0 aliphatic carbocycles. The zero-order valence-corrected chi connectivity index (χ0v) is 13.1. The fourth-order valence-electron chi connectivity index (χ4n) is 1.59. The van der Waals surface area contributed by atoms with Crippen molar-refractivity contribution in [3.05, 3.63) is 35.5 Å². The van der Waals surface area contributed by atoms with E-state index < -0.39 is 4.84 Å². The first-order valence-electron chi connectivity index (χ1n) is 5.94. The molecule has 0 N–H and O–H groups in total. The Morgan fingerprint density at radius 1 is 1.45 bits per heavy atom. The van der Waals surface area contributed by atoms with E-state index >= 15 is 0 Å². The van der Waals surface area contributed by atoms with E-state index in [1.807, 2.05) is 23.6 Å². The van der Waals surface area contributed by atoms with Gasteiger partial charge in [0, 0.05) is 18.6 Å². The molecular formula is C13H13Cl2N3OS. The number of thiazole rings is 1. The Hall–Kier alpha value is -1.17. The molecule has 106 valence electrons. The minimum atomic E-state index is -0.580. The highest BCUT2D eigenvalue weighted by Crippen LogP contribution is 2.21. The monoisotopic (exact) mass is 329 g/mol. The fraction of sp³-hybridized carbons (Fsp3) is 0.308. The molecule has 0 aliphatic heterocycles. The van der Waals surface area contributed by atoms with E-state index in [-0.39, 0.29) is 12.3 Å². The van der Waals surface area contributed by atoms with Crippen LogP contribution in [0.15, 0.2) is 29.8 Å². The van der Waals surface area contributed by atoms with Gasteiger partial charge in [0.05, 0.1) is 24.4 Å². The SMILES string of the molecule is CN(CC(Cl)Cl)C(=O)Cc1csc(-c2ccccn2)n1. The molecule has 0 saturated heterocycles.